The van der Waals surface area contributed by atoms with Gasteiger partial charge >= 0.3 is 0 Å². The summed E-state index contributed by atoms with van der Waals surface area (Å²) in [5.74, 6) is -1.42. The lowest BCUT2D eigenvalue weighted by Gasteiger charge is -2.36. The monoisotopic (exact) mass is 385 g/mol. The first-order valence-electron chi connectivity index (χ1n) is 9.54. The largest absolute Gasteiger partial charge is 0.312 e. The minimum atomic E-state index is -0.694. The van der Waals surface area contributed by atoms with Gasteiger partial charge in [0, 0.05) is 30.9 Å². The average molecular weight is 385 g/mol. The van der Waals surface area contributed by atoms with Gasteiger partial charge in [-0.25, -0.2) is 18.7 Å². The topological polar surface area (TPSA) is 63.2 Å². The first-order chi connectivity index (χ1) is 13.5. The highest BCUT2D eigenvalue weighted by atomic mass is 19.1. The Balaban J connectivity index is 1.49. The number of hydrogen-bond acceptors (Lipinski definition) is 4. The fourth-order valence-corrected chi connectivity index (χ4v) is 4.67. The van der Waals surface area contributed by atoms with E-state index in [2.05, 4.69) is 9.97 Å². The normalized spacial score (nSPS) is 24.7. The van der Waals surface area contributed by atoms with Crippen molar-refractivity contribution >= 4 is 17.4 Å². The number of anilines is 1. The molecule has 4 rings (SSSR count). The standard InChI is InChI=1S/C21H21F2N3O2/c22-15-9-16(23)11-17(10-15)26-7-5-21(20(26)28)4-1-2-14(12-21)8-19(27)18-3-6-24-13-25-18/h3,6,9-11,13-14H,1-2,4-5,7-8,12H2/t14-,21+/m1/s1. The molecule has 1 aliphatic carbocycles. The van der Waals surface area contributed by atoms with Gasteiger partial charge in [0.2, 0.25) is 5.91 Å². The molecule has 1 saturated heterocycles. The van der Waals surface area contributed by atoms with Gasteiger partial charge in [-0.15, -0.1) is 0 Å². The van der Waals surface area contributed by atoms with Crippen molar-refractivity contribution in [1.82, 2.24) is 9.97 Å². The van der Waals surface area contributed by atoms with Gasteiger partial charge in [0.25, 0.3) is 0 Å². The number of amides is 1. The van der Waals surface area contributed by atoms with Gasteiger partial charge in [0.1, 0.15) is 23.7 Å². The molecule has 0 bridgehead atoms. The third-order valence-corrected chi connectivity index (χ3v) is 5.96. The summed E-state index contributed by atoms with van der Waals surface area (Å²) in [6.45, 7) is 0.439. The van der Waals surface area contributed by atoms with E-state index >= 15 is 0 Å². The van der Waals surface area contributed by atoms with E-state index in [1.807, 2.05) is 0 Å². The highest BCUT2D eigenvalue weighted by Gasteiger charge is 2.49. The first kappa shape index (κ1) is 18.7. The Morgan fingerprint density at radius 3 is 2.71 bits per heavy atom. The lowest BCUT2D eigenvalue weighted by atomic mass is 9.67. The molecule has 1 saturated carbocycles. The molecule has 28 heavy (non-hydrogen) atoms. The number of Topliss-reactive ketones (excluding diaryl/α,β-unsaturated/α-hetero) is 1. The molecule has 0 radical (unpaired) electrons. The fraction of sp³-hybridized carbons (Fsp3) is 0.429. The second-order valence-electron chi connectivity index (χ2n) is 7.80. The summed E-state index contributed by atoms with van der Waals surface area (Å²) in [5.41, 5.74) is 0.111. The molecule has 5 nitrogen and oxygen atoms in total. The van der Waals surface area contributed by atoms with E-state index < -0.39 is 17.0 Å². The van der Waals surface area contributed by atoms with Crippen molar-refractivity contribution in [3.8, 4) is 0 Å². The van der Waals surface area contributed by atoms with Crippen molar-refractivity contribution in [2.24, 2.45) is 11.3 Å². The molecule has 2 fully saturated rings. The number of carbonyl (C=O) groups is 2. The first-order valence-corrected chi connectivity index (χ1v) is 9.54. The van der Waals surface area contributed by atoms with Crippen LogP contribution >= 0.6 is 0 Å². The fourth-order valence-electron chi connectivity index (χ4n) is 4.67. The minimum absolute atomic E-state index is 0.0426. The van der Waals surface area contributed by atoms with Crippen LogP contribution < -0.4 is 4.90 Å². The smallest absolute Gasteiger partial charge is 0.233 e. The third kappa shape index (κ3) is 3.53. The number of aromatic nitrogens is 2. The van der Waals surface area contributed by atoms with Crippen LogP contribution in [0.2, 0.25) is 0 Å². The Labute approximate surface area is 161 Å². The second-order valence-corrected chi connectivity index (χ2v) is 7.80. The SMILES string of the molecule is O=C(C[C@H]1CCC[C@]2(CCN(c3cc(F)cc(F)c3)C2=O)C1)c1ccncn1. The molecule has 1 spiro atoms. The summed E-state index contributed by atoms with van der Waals surface area (Å²) in [6, 6.07) is 4.79. The molecular weight excluding hydrogens is 364 g/mol. The van der Waals surface area contributed by atoms with E-state index in [1.165, 1.54) is 23.4 Å². The summed E-state index contributed by atoms with van der Waals surface area (Å²) in [7, 11) is 0. The van der Waals surface area contributed by atoms with Crippen LogP contribution in [0.4, 0.5) is 14.5 Å². The zero-order valence-corrected chi connectivity index (χ0v) is 15.4. The average Bonchev–Trinajstić information content (AvgIpc) is 2.97. The predicted molar refractivity (Wildman–Crippen MR) is 98.7 cm³/mol. The van der Waals surface area contributed by atoms with Gasteiger partial charge in [-0.05, 0) is 49.8 Å². The summed E-state index contributed by atoms with van der Waals surface area (Å²) in [4.78, 5) is 35.0. The molecule has 2 atom stereocenters. The van der Waals surface area contributed by atoms with Gasteiger partial charge in [-0.3, -0.25) is 9.59 Å². The third-order valence-electron chi connectivity index (χ3n) is 5.96. The Morgan fingerprint density at radius 2 is 2.00 bits per heavy atom. The van der Waals surface area contributed by atoms with Crippen LogP contribution in [0.1, 0.15) is 49.0 Å². The van der Waals surface area contributed by atoms with Crippen molar-refractivity contribution in [3.63, 3.8) is 0 Å². The van der Waals surface area contributed by atoms with E-state index in [-0.39, 0.29) is 23.3 Å². The number of hydrogen-bond donors (Lipinski definition) is 0. The lowest BCUT2D eigenvalue weighted by molar-refractivity contribution is -0.128. The Bertz CT molecular complexity index is 886. The summed E-state index contributed by atoms with van der Waals surface area (Å²) < 4.78 is 27.2. The van der Waals surface area contributed by atoms with Gasteiger partial charge in [-0.2, -0.15) is 0 Å². The molecule has 1 aliphatic heterocycles. The number of rotatable bonds is 4. The van der Waals surface area contributed by atoms with E-state index in [0.717, 1.165) is 25.3 Å². The van der Waals surface area contributed by atoms with Gasteiger partial charge < -0.3 is 4.90 Å². The van der Waals surface area contributed by atoms with Crippen molar-refractivity contribution < 1.29 is 18.4 Å². The zero-order chi connectivity index (χ0) is 19.7. The van der Waals surface area contributed by atoms with E-state index in [4.69, 9.17) is 0 Å². The van der Waals surface area contributed by atoms with E-state index in [0.29, 0.717) is 31.5 Å². The van der Waals surface area contributed by atoms with E-state index in [1.54, 1.807) is 12.3 Å². The number of benzene rings is 1. The summed E-state index contributed by atoms with van der Waals surface area (Å²) in [5, 5.41) is 0. The van der Waals surface area contributed by atoms with Crippen LogP contribution in [0.25, 0.3) is 0 Å². The van der Waals surface area contributed by atoms with Crippen LogP contribution in [0, 0.1) is 23.0 Å². The predicted octanol–water partition coefficient (Wildman–Crippen LogP) is 3.94. The highest BCUT2D eigenvalue weighted by molar-refractivity contribution is 6.00. The van der Waals surface area contributed by atoms with Gasteiger partial charge in [0.05, 0.1) is 5.41 Å². The van der Waals surface area contributed by atoms with E-state index in [9.17, 15) is 18.4 Å². The molecule has 2 heterocycles. The second kappa shape index (κ2) is 7.37. The van der Waals surface area contributed by atoms with Crippen LogP contribution in [-0.2, 0) is 4.79 Å². The molecule has 7 heteroatoms. The van der Waals surface area contributed by atoms with Crippen molar-refractivity contribution in [2.75, 3.05) is 11.4 Å². The van der Waals surface area contributed by atoms with Crippen LogP contribution in [0.15, 0.2) is 36.8 Å². The molecule has 2 aliphatic rings. The molecule has 0 N–H and O–H groups in total. The molecule has 146 valence electrons. The minimum Gasteiger partial charge on any atom is -0.312 e. The quantitative estimate of drug-likeness (QED) is 0.748. The van der Waals surface area contributed by atoms with Gasteiger partial charge in [-0.1, -0.05) is 6.42 Å². The van der Waals surface area contributed by atoms with Gasteiger partial charge in [0.15, 0.2) is 5.78 Å². The molecule has 2 aromatic rings. The lowest BCUT2D eigenvalue weighted by Crippen LogP contribution is -2.38. The number of carbonyl (C=O) groups excluding carboxylic acids is 2. The highest BCUT2D eigenvalue weighted by Crippen LogP contribution is 2.48. The Morgan fingerprint density at radius 1 is 1.21 bits per heavy atom. The maximum atomic E-state index is 13.6. The van der Waals surface area contributed by atoms with Crippen LogP contribution in [0.5, 0.6) is 0 Å². The van der Waals surface area contributed by atoms with Crippen molar-refractivity contribution in [2.45, 2.75) is 38.5 Å². The van der Waals surface area contributed by atoms with Crippen LogP contribution in [0.3, 0.4) is 0 Å². The summed E-state index contributed by atoms with van der Waals surface area (Å²) in [6.07, 6.45) is 7.00. The zero-order valence-electron chi connectivity index (χ0n) is 15.4. The van der Waals surface area contributed by atoms with Crippen molar-refractivity contribution in [3.05, 3.63) is 54.1 Å². The molecule has 0 unspecified atom stereocenters. The Hall–Kier alpha value is -2.70. The number of halogens is 2. The molecule has 1 aromatic carbocycles. The maximum absolute atomic E-state index is 13.6. The number of nitrogens with zero attached hydrogens (tertiary/aromatic N) is 3. The Kier molecular flexibility index (Phi) is 4.91. The molecule has 1 aromatic heterocycles. The molecule has 1 amide bonds. The number of ketones is 1. The summed E-state index contributed by atoms with van der Waals surface area (Å²) >= 11 is 0. The van der Waals surface area contributed by atoms with Crippen molar-refractivity contribution in [1.29, 1.82) is 0 Å². The van der Waals surface area contributed by atoms with Crippen LogP contribution in [-0.4, -0.2) is 28.2 Å². The molecular formula is C21H21F2N3O2. The maximum Gasteiger partial charge on any atom is 0.233 e.